The van der Waals surface area contributed by atoms with E-state index in [-0.39, 0.29) is 18.1 Å². The molecule has 1 aromatic heterocycles. The van der Waals surface area contributed by atoms with Crippen LogP contribution in [0.4, 0.5) is 5.69 Å². The number of halogens is 2. The van der Waals surface area contributed by atoms with Gasteiger partial charge in [0.2, 0.25) is 0 Å². The van der Waals surface area contributed by atoms with Gasteiger partial charge in [-0.05, 0) is 23.8 Å². The largest absolute Gasteiger partial charge is 0.360 e. The molecule has 1 heterocycles. The predicted octanol–water partition coefficient (Wildman–Crippen LogP) is 4.31. The lowest BCUT2D eigenvalue weighted by Gasteiger charge is -2.07. The Balaban J connectivity index is 1.83. The minimum absolute atomic E-state index is 0.0723. The van der Waals surface area contributed by atoms with E-state index >= 15 is 0 Å². The fourth-order valence-electron chi connectivity index (χ4n) is 2.35. The number of aromatic nitrogens is 1. The van der Waals surface area contributed by atoms with Crippen molar-refractivity contribution in [2.45, 2.75) is 6.54 Å². The van der Waals surface area contributed by atoms with Crippen molar-refractivity contribution in [3.63, 3.8) is 0 Å². The van der Waals surface area contributed by atoms with Crippen LogP contribution in [0.3, 0.4) is 0 Å². The molecular weight excluding hydrogens is 353 g/mol. The van der Waals surface area contributed by atoms with E-state index in [4.69, 9.17) is 23.2 Å². The van der Waals surface area contributed by atoms with Crippen molar-refractivity contribution in [3.8, 4) is 0 Å². The molecule has 0 spiro atoms. The van der Waals surface area contributed by atoms with Crippen LogP contribution in [0.5, 0.6) is 0 Å². The monoisotopic (exact) mass is 363 g/mol. The molecule has 0 aliphatic heterocycles. The second-order valence-electron chi connectivity index (χ2n) is 5.11. The first-order chi connectivity index (χ1) is 11.5. The van der Waals surface area contributed by atoms with Crippen LogP contribution in [-0.4, -0.2) is 15.8 Å². The first kappa shape index (κ1) is 16.3. The second kappa shape index (κ2) is 6.51. The van der Waals surface area contributed by atoms with Crippen molar-refractivity contribution in [1.29, 1.82) is 0 Å². The number of nitro groups is 1. The van der Waals surface area contributed by atoms with E-state index in [1.807, 2.05) is 0 Å². The zero-order chi connectivity index (χ0) is 17.3. The number of rotatable bonds is 4. The Labute approximate surface area is 146 Å². The number of nitrogens with zero attached hydrogens (tertiary/aromatic N) is 1. The Morgan fingerprint density at radius 3 is 2.71 bits per heavy atom. The zero-order valence-corrected chi connectivity index (χ0v) is 13.7. The minimum Gasteiger partial charge on any atom is -0.360 e. The van der Waals surface area contributed by atoms with E-state index in [0.29, 0.717) is 26.5 Å². The smallest absolute Gasteiger partial charge is 0.270 e. The molecule has 3 rings (SSSR count). The van der Waals surface area contributed by atoms with Crippen molar-refractivity contribution in [3.05, 3.63) is 73.9 Å². The quantitative estimate of drug-likeness (QED) is 0.534. The molecule has 0 unspecified atom stereocenters. The number of carbonyl (C=O) groups excluding carboxylic acids is 1. The summed E-state index contributed by atoms with van der Waals surface area (Å²) in [6.45, 7) is 0.219. The first-order valence-corrected chi connectivity index (χ1v) is 7.69. The predicted molar refractivity (Wildman–Crippen MR) is 92.6 cm³/mol. The standard InChI is InChI=1S/C16H11Cl2N3O3/c17-10-2-1-9(14(18)5-10)7-20-16(22)13-8-19-15-4-3-11(21(23)24)6-12(13)15/h1-6,8,19H,7H2,(H,20,22). The molecular formula is C16H11Cl2N3O3. The number of benzene rings is 2. The van der Waals surface area contributed by atoms with Gasteiger partial charge in [-0.25, -0.2) is 0 Å². The molecule has 2 N–H and O–H groups in total. The summed E-state index contributed by atoms with van der Waals surface area (Å²) >= 11 is 11.9. The maximum atomic E-state index is 12.4. The number of hydrogen-bond donors (Lipinski definition) is 2. The van der Waals surface area contributed by atoms with Crippen LogP contribution in [0.15, 0.2) is 42.6 Å². The van der Waals surface area contributed by atoms with Gasteiger partial charge in [0.1, 0.15) is 0 Å². The number of H-pyrrole nitrogens is 1. The number of fused-ring (bicyclic) bond motifs is 1. The third-order valence-electron chi connectivity index (χ3n) is 3.58. The average molecular weight is 364 g/mol. The summed E-state index contributed by atoms with van der Waals surface area (Å²) in [4.78, 5) is 25.7. The Bertz CT molecular complexity index is 953. The van der Waals surface area contributed by atoms with E-state index in [9.17, 15) is 14.9 Å². The topological polar surface area (TPSA) is 88.0 Å². The molecule has 0 saturated heterocycles. The number of nitrogens with one attached hydrogen (secondary N) is 2. The molecule has 0 bridgehead atoms. The summed E-state index contributed by atoms with van der Waals surface area (Å²) in [5.74, 6) is -0.354. The van der Waals surface area contributed by atoms with Crippen LogP contribution in [0.1, 0.15) is 15.9 Å². The van der Waals surface area contributed by atoms with Gasteiger partial charge in [0.05, 0.1) is 10.5 Å². The highest BCUT2D eigenvalue weighted by molar-refractivity contribution is 6.35. The van der Waals surface area contributed by atoms with E-state index in [1.54, 1.807) is 24.3 Å². The molecule has 24 heavy (non-hydrogen) atoms. The van der Waals surface area contributed by atoms with E-state index < -0.39 is 4.92 Å². The highest BCUT2D eigenvalue weighted by Gasteiger charge is 2.15. The number of hydrogen-bond acceptors (Lipinski definition) is 3. The summed E-state index contributed by atoms with van der Waals surface area (Å²) < 4.78 is 0. The van der Waals surface area contributed by atoms with Crippen LogP contribution in [0.25, 0.3) is 10.9 Å². The summed E-state index contributed by atoms with van der Waals surface area (Å²) in [6, 6.07) is 9.33. The fourth-order valence-corrected chi connectivity index (χ4v) is 2.82. The minimum atomic E-state index is -0.498. The Morgan fingerprint density at radius 1 is 1.21 bits per heavy atom. The highest BCUT2D eigenvalue weighted by Crippen LogP contribution is 2.24. The van der Waals surface area contributed by atoms with Gasteiger partial charge in [0, 0.05) is 45.8 Å². The van der Waals surface area contributed by atoms with E-state index in [0.717, 1.165) is 5.56 Å². The lowest BCUT2D eigenvalue weighted by Crippen LogP contribution is -2.22. The van der Waals surface area contributed by atoms with Crippen molar-refractivity contribution in [1.82, 2.24) is 10.3 Å². The van der Waals surface area contributed by atoms with Gasteiger partial charge in [0.15, 0.2) is 0 Å². The van der Waals surface area contributed by atoms with Crippen LogP contribution in [-0.2, 0) is 6.54 Å². The molecule has 0 saturated carbocycles. The van der Waals surface area contributed by atoms with Gasteiger partial charge in [0.25, 0.3) is 11.6 Å². The van der Waals surface area contributed by atoms with Gasteiger partial charge in [-0.1, -0.05) is 29.3 Å². The van der Waals surface area contributed by atoms with E-state index in [1.165, 1.54) is 18.3 Å². The molecule has 8 heteroatoms. The number of aromatic amines is 1. The highest BCUT2D eigenvalue weighted by atomic mass is 35.5. The molecule has 0 fully saturated rings. The molecule has 6 nitrogen and oxygen atoms in total. The number of carbonyl (C=O) groups is 1. The summed E-state index contributed by atoms with van der Waals surface area (Å²) in [7, 11) is 0. The second-order valence-corrected chi connectivity index (χ2v) is 5.95. The normalized spacial score (nSPS) is 10.8. The molecule has 122 valence electrons. The number of non-ortho nitro benzene ring substituents is 1. The van der Waals surface area contributed by atoms with Crippen LogP contribution >= 0.6 is 23.2 Å². The third kappa shape index (κ3) is 3.20. The SMILES string of the molecule is O=C(NCc1ccc(Cl)cc1Cl)c1c[nH]c2ccc([N+](=O)[O-])cc12. The lowest BCUT2D eigenvalue weighted by molar-refractivity contribution is -0.384. The van der Waals surface area contributed by atoms with Crippen molar-refractivity contribution >= 4 is 45.7 Å². The molecule has 0 radical (unpaired) electrons. The lowest BCUT2D eigenvalue weighted by atomic mass is 10.1. The van der Waals surface area contributed by atoms with Gasteiger partial charge in [-0.2, -0.15) is 0 Å². The molecule has 0 aliphatic carbocycles. The van der Waals surface area contributed by atoms with Crippen molar-refractivity contribution in [2.75, 3.05) is 0 Å². The Kier molecular flexibility index (Phi) is 4.42. The molecule has 2 aromatic carbocycles. The molecule has 1 amide bonds. The summed E-state index contributed by atoms with van der Waals surface area (Å²) in [6.07, 6.45) is 1.52. The van der Waals surface area contributed by atoms with Crippen LogP contribution in [0.2, 0.25) is 10.0 Å². The Hall–Kier alpha value is -2.57. The Morgan fingerprint density at radius 2 is 2.00 bits per heavy atom. The average Bonchev–Trinajstić information content (AvgIpc) is 2.96. The number of amides is 1. The van der Waals surface area contributed by atoms with Crippen molar-refractivity contribution < 1.29 is 9.72 Å². The van der Waals surface area contributed by atoms with Crippen LogP contribution in [0, 0.1) is 10.1 Å². The summed E-state index contributed by atoms with van der Waals surface area (Å²) in [5.41, 5.74) is 1.63. The maximum absolute atomic E-state index is 12.4. The van der Waals surface area contributed by atoms with E-state index in [2.05, 4.69) is 10.3 Å². The van der Waals surface area contributed by atoms with Gasteiger partial charge < -0.3 is 10.3 Å². The fraction of sp³-hybridized carbons (Fsp3) is 0.0625. The third-order valence-corrected chi connectivity index (χ3v) is 4.16. The molecule has 0 aliphatic rings. The summed E-state index contributed by atoms with van der Waals surface area (Å²) in [5, 5.41) is 15.1. The number of nitro benzene ring substituents is 1. The molecule has 3 aromatic rings. The molecule has 0 atom stereocenters. The van der Waals surface area contributed by atoms with Gasteiger partial charge >= 0.3 is 0 Å². The van der Waals surface area contributed by atoms with Gasteiger partial charge in [-0.15, -0.1) is 0 Å². The zero-order valence-electron chi connectivity index (χ0n) is 12.2. The van der Waals surface area contributed by atoms with Crippen molar-refractivity contribution in [2.24, 2.45) is 0 Å². The first-order valence-electron chi connectivity index (χ1n) is 6.93. The van der Waals surface area contributed by atoms with Crippen LogP contribution < -0.4 is 5.32 Å². The maximum Gasteiger partial charge on any atom is 0.270 e. The van der Waals surface area contributed by atoms with Gasteiger partial charge in [-0.3, -0.25) is 14.9 Å².